The van der Waals surface area contributed by atoms with Crippen molar-refractivity contribution in [1.29, 1.82) is 0 Å². The molecule has 7 nitrogen and oxygen atoms in total. The number of nitrogens with zero attached hydrogens (tertiary/aromatic N) is 4. The van der Waals surface area contributed by atoms with Crippen molar-refractivity contribution in [3.05, 3.63) is 23.6 Å². The van der Waals surface area contributed by atoms with Gasteiger partial charge in [-0.05, 0) is 58.1 Å². The average Bonchev–Trinajstić information content (AvgIpc) is 3.07. The molecular formula is C22H29N5O2. The molecule has 3 heterocycles. The molecule has 3 aliphatic rings. The van der Waals surface area contributed by atoms with E-state index in [4.69, 9.17) is 9.51 Å². The summed E-state index contributed by atoms with van der Waals surface area (Å²) in [5.74, 6) is 1.90. The quantitative estimate of drug-likeness (QED) is 0.837. The van der Waals surface area contributed by atoms with Crippen LogP contribution in [0, 0.1) is 0 Å². The van der Waals surface area contributed by atoms with Crippen LogP contribution in [0.1, 0.15) is 63.2 Å². The third-order valence-electron chi connectivity index (χ3n) is 6.91. The van der Waals surface area contributed by atoms with E-state index in [1.54, 1.807) is 0 Å². The largest absolute Gasteiger partial charge is 0.359 e. The van der Waals surface area contributed by atoms with Crippen molar-refractivity contribution in [3.63, 3.8) is 0 Å². The van der Waals surface area contributed by atoms with E-state index >= 15 is 0 Å². The zero-order valence-electron chi connectivity index (χ0n) is 17.1. The maximum absolute atomic E-state index is 12.9. The van der Waals surface area contributed by atoms with Crippen LogP contribution in [-0.4, -0.2) is 46.6 Å². The van der Waals surface area contributed by atoms with Crippen molar-refractivity contribution in [1.82, 2.24) is 20.4 Å². The smallest absolute Gasteiger partial charge is 0.226 e. The van der Waals surface area contributed by atoms with Crippen molar-refractivity contribution < 1.29 is 9.32 Å². The van der Waals surface area contributed by atoms with Gasteiger partial charge in [0.15, 0.2) is 5.76 Å². The van der Waals surface area contributed by atoms with Gasteiger partial charge in [0.2, 0.25) is 5.95 Å². The van der Waals surface area contributed by atoms with E-state index < -0.39 is 5.41 Å². The van der Waals surface area contributed by atoms with Gasteiger partial charge in [-0.25, -0.2) is 9.97 Å². The lowest BCUT2D eigenvalue weighted by atomic mass is 9.64. The van der Waals surface area contributed by atoms with Crippen LogP contribution in [0.15, 0.2) is 16.8 Å². The van der Waals surface area contributed by atoms with Crippen LogP contribution in [0.25, 0.3) is 11.4 Å². The summed E-state index contributed by atoms with van der Waals surface area (Å²) < 4.78 is 5.88. The molecule has 0 unspecified atom stereocenters. The van der Waals surface area contributed by atoms with E-state index in [1.807, 2.05) is 12.3 Å². The summed E-state index contributed by atoms with van der Waals surface area (Å²) in [7, 11) is 0. The van der Waals surface area contributed by atoms with Crippen molar-refractivity contribution in [2.24, 2.45) is 0 Å². The van der Waals surface area contributed by atoms with Gasteiger partial charge >= 0.3 is 0 Å². The van der Waals surface area contributed by atoms with Crippen LogP contribution in [0.3, 0.4) is 0 Å². The molecule has 0 amide bonds. The topological polar surface area (TPSA) is 84.1 Å². The summed E-state index contributed by atoms with van der Waals surface area (Å²) in [6.07, 6.45) is 9.30. The van der Waals surface area contributed by atoms with Crippen molar-refractivity contribution >= 4 is 11.7 Å². The first-order valence-corrected chi connectivity index (χ1v) is 11.0. The standard InChI is InChI=1S/C22H29N5O2/c1-15-14-23-11-5-13-27(15)21-24-12-8-17(25-21)19-16-6-4-10-22(20(16)29-26-19)9-3-2-7-18(22)28/h8,12,15,23H,2-7,9-11,13-14H2,1H3/t15-,22+/m0/s1. The minimum absolute atomic E-state index is 0.335. The number of nitrogens with one attached hydrogen (secondary N) is 1. The van der Waals surface area contributed by atoms with Gasteiger partial charge in [0.05, 0.1) is 11.1 Å². The van der Waals surface area contributed by atoms with Crippen LogP contribution in [0.2, 0.25) is 0 Å². The fourth-order valence-electron chi connectivity index (χ4n) is 5.33. The Balaban J connectivity index is 1.52. The van der Waals surface area contributed by atoms with Gasteiger partial charge in [-0.3, -0.25) is 4.79 Å². The molecule has 1 saturated heterocycles. The summed E-state index contributed by atoms with van der Waals surface area (Å²) in [5, 5.41) is 7.89. The fourth-order valence-corrected chi connectivity index (χ4v) is 5.33. The maximum Gasteiger partial charge on any atom is 0.226 e. The van der Waals surface area contributed by atoms with E-state index in [-0.39, 0.29) is 0 Å². The Labute approximate surface area is 171 Å². The van der Waals surface area contributed by atoms with Gasteiger partial charge < -0.3 is 14.7 Å². The highest BCUT2D eigenvalue weighted by atomic mass is 16.5. The van der Waals surface area contributed by atoms with E-state index in [0.717, 1.165) is 93.2 Å². The SMILES string of the molecule is C[C@H]1CNCCCN1c1nccc(-c2noc3c2CCC[C@@]32CCCCC2=O)n1. The summed E-state index contributed by atoms with van der Waals surface area (Å²) in [5.41, 5.74) is 2.23. The lowest BCUT2D eigenvalue weighted by Crippen LogP contribution is -2.41. The third-order valence-corrected chi connectivity index (χ3v) is 6.91. The second-order valence-electron chi connectivity index (χ2n) is 8.75. The lowest BCUT2D eigenvalue weighted by Gasteiger charge is -2.36. The first kappa shape index (κ1) is 18.7. The molecule has 29 heavy (non-hydrogen) atoms. The minimum Gasteiger partial charge on any atom is -0.359 e. The van der Waals surface area contributed by atoms with E-state index in [2.05, 4.69) is 27.3 Å². The molecule has 0 radical (unpaired) electrons. The molecule has 154 valence electrons. The molecule has 1 spiro atoms. The predicted molar refractivity (Wildman–Crippen MR) is 110 cm³/mol. The van der Waals surface area contributed by atoms with Crippen LogP contribution in [0.4, 0.5) is 5.95 Å². The Morgan fingerprint density at radius 2 is 2.10 bits per heavy atom. The average molecular weight is 396 g/mol. The molecule has 1 aliphatic heterocycles. The number of Topliss-reactive ketones (excluding diaryl/α,β-unsaturated/α-hetero) is 1. The summed E-state index contributed by atoms with van der Waals surface area (Å²) >= 11 is 0. The van der Waals surface area contributed by atoms with Gasteiger partial charge in [0, 0.05) is 37.3 Å². The molecule has 0 bridgehead atoms. The van der Waals surface area contributed by atoms with Crippen LogP contribution < -0.4 is 10.2 Å². The minimum atomic E-state index is -0.447. The molecule has 2 aromatic rings. The monoisotopic (exact) mass is 395 g/mol. The highest BCUT2D eigenvalue weighted by molar-refractivity contribution is 5.91. The number of ketones is 1. The predicted octanol–water partition coefficient (Wildman–Crippen LogP) is 3.04. The number of hydrogen-bond acceptors (Lipinski definition) is 7. The Kier molecular flexibility index (Phi) is 4.86. The highest BCUT2D eigenvalue weighted by Gasteiger charge is 2.48. The van der Waals surface area contributed by atoms with Crippen LogP contribution in [-0.2, 0) is 16.6 Å². The van der Waals surface area contributed by atoms with Crippen molar-refractivity contribution in [2.75, 3.05) is 24.5 Å². The molecule has 5 rings (SSSR count). The van der Waals surface area contributed by atoms with E-state index in [9.17, 15) is 4.79 Å². The number of rotatable bonds is 2. The van der Waals surface area contributed by atoms with Gasteiger partial charge in [-0.15, -0.1) is 0 Å². The van der Waals surface area contributed by atoms with Gasteiger partial charge in [-0.2, -0.15) is 0 Å². The Bertz CT molecular complexity index is 910. The molecule has 2 aliphatic carbocycles. The van der Waals surface area contributed by atoms with E-state index in [0.29, 0.717) is 18.2 Å². The number of carbonyl (C=O) groups is 1. The van der Waals surface area contributed by atoms with Gasteiger partial charge in [-0.1, -0.05) is 11.6 Å². The summed E-state index contributed by atoms with van der Waals surface area (Å²) in [6.45, 7) is 5.09. The second-order valence-corrected chi connectivity index (χ2v) is 8.75. The number of hydrogen-bond donors (Lipinski definition) is 1. The first-order valence-electron chi connectivity index (χ1n) is 11.0. The fraction of sp³-hybridized carbons (Fsp3) is 0.636. The molecule has 0 aromatic carbocycles. The van der Waals surface area contributed by atoms with Crippen molar-refractivity contribution in [3.8, 4) is 11.4 Å². The second kappa shape index (κ2) is 7.52. The molecule has 1 saturated carbocycles. The molecule has 2 atom stereocenters. The molecular weight excluding hydrogens is 366 g/mol. The number of carbonyl (C=O) groups excluding carboxylic acids is 1. The zero-order chi connectivity index (χ0) is 19.8. The van der Waals surface area contributed by atoms with E-state index in [1.165, 1.54) is 0 Å². The highest BCUT2D eigenvalue weighted by Crippen LogP contribution is 2.47. The molecule has 1 N–H and O–H groups in total. The number of fused-ring (bicyclic) bond motifs is 2. The zero-order valence-corrected chi connectivity index (χ0v) is 17.1. The Morgan fingerprint density at radius 1 is 1.21 bits per heavy atom. The van der Waals surface area contributed by atoms with Crippen LogP contribution in [0.5, 0.6) is 0 Å². The van der Waals surface area contributed by atoms with Gasteiger partial charge in [0.1, 0.15) is 11.5 Å². The third kappa shape index (κ3) is 3.16. The molecule has 7 heteroatoms. The summed E-state index contributed by atoms with van der Waals surface area (Å²) in [4.78, 5) is 24.6. The molecule has 2 fully saturated rings. The maximum atomic E-state index is 12.9. The first-order chi connectivity index (χ1) is 14.2. The number of anilines is 1. The summed E-state index contributed by atoms with van der Waals surface area (Å²) in [6, 6.07) is 2.24. The molecule has 2 aromatic heterocycles. The lowest BCUT2D eigenvalue weighted by molar-refractivity contribution is -0.128. The Hall–Kier alpha value is -2.28. The van der Waals surface area contributed by atoms with Crippen molar-refractivity contribution in [2.45, 2.75) is 69.7 Å². The number of aromatic nitrogens is 3. The van der Waals surface area contributed by atoms with Gasteiger partial charge in [0.25, 0.3) is 0 Å². The Morgan fingerprint density at radius 3 is 3.00 bits per heavy atom. The normalized spacial score (nSPS) is 27.7. The van der Waals surface area contributed by atoms with Crippen LogP contribution >= 0.6 is 0 Å².